The van der Waals surface area contributed by atoms with Crippen LogP contribution in [0.25, 0.3) is 10.9 Å². The summed E-state index contributed by atoms with van der Waals surface area (Å²) in [5.41, 5.74) is 1.70. The van der Waals surface area contributed by atoms with Crippen LogP contribution in [-0.2, 0) is 13.1 Å². The van der Waals surface area contributed by atoms with Crippen molar-refractivity contribution in [2.75, 3.05) is 13.6 Å². The zero-order valence-electron chi connectivity index (χ0n) is 14.0. The van der Waals surface area contributed by atoms with Crippen LogP contribution in [0.5, 0.6) is 0 Å². The Morgan fingerprint density at radius 3 is 2.76 bits per heavy atom. The first-order valence-corrected chi connectivity index (χ1v) is 8.87. The lowest BCUT2D eigenvalue weighted by atomic mass is 10.2. The molecule has 0 unspecified atom stereocenters. The third-order valence-corrected chi connectivity index (χ3v) is 4.50. The standard InChI is InChI=1S/C19H20BrN3O2/c1-22(10-14-5-3-2-4-6-14)11-16(24)12-23-13-21-18-8-7-15(20)9-17(18)19(23)25/h2-9,13,16,24H,10-12H2,1H3/t16-/m1/s1. The summed E-state index contributed by atoms with van der Waals surface area (Å²) in [6, 6.07) is 15.5. The molecule has 130 valence electrons. The molecule has 1 aromatic heterocycles. The smallest absolute Gasteiger partial charge is 0.261 e. The zero-order chi connectivity index (χ0) is 17.8. The minimum absolute atomic E-state index is 0.143. The summed E-state index contributed by atoms with van der Waals surface area (Å²) in [7, 11) is 1.95. The van der Waals surface area contributed by atoms with Gasteiger partial charge in [-0.25, -0.2) is 4.98 Å². The van der Waals surface area contributed by atoms with E-state index in [0.717, 1.165) is 11.0 Å². The Morgan fingerprint density at radius 2 is 2.00 bits per heavy atom. The average Bonchev–Trinajstić information content (AvgIpc) is 2.58. The van der Waals surface area contributed by atoms with E-state index in [1.165, 1.54) is 16.5 Å². The first kappa shape index (κ1) is 17.8. The van der Waals surface area contributed by atoms with Crippen molar-refractivity contribution in [2.45, 2.75) is 19.2 Å². The van der Waals surface area contributed by atoms with Crippen molar-refractivity contribution in [1.82, 2.24) is 14.5 Å². The van der Waals surface area contributed by atoms with Crippen molar-refractivity contribution in [2.24, 2.45) is 0 Å². The van der Waals surface area contributed by atoms with Crippen LogP contribution in [-0.4, -0.2) is 39.3 Å². The molecule has 0 amide bonds. The van der Waals surface area contributed by atoms with Crippen LogP contribution >= 0.6 is 15.9 Å². The highest BCUT2D eigenvalue weighted by Gasteiger charge is 2.12. The lowest BCUT2D eigenvalue weighted by molar-refractivity contribution is 0.106. The molecule has 0 aliphatic carbocycles. The molecule has 0 aliphatic heterocycles. The maximum Gasteiger partial charge on any atom is 0.261 e. The Bertz CT molecular complexity index is 911. The van der Waals surface area contributed by atoms with Gasteiger partial charge in [0.05, 0.1) is 29.9 Å². The molecule has 25 heavy (non-hydrogen) atoms. The number of rotatable bonds is 6. The van der Waals surface area contributed by atoms with Crippen LogP contribution in [0.2, 0.25) is 0 Å². The molecule has 2 aromatic carbocycles. The minimum atomic E-state index is -0.655. The van der Waals surface area contributed by atoms with E-state index in [0.29, 0.717) is 17.4 Å². The van der Waals surface area contributed by atoms with Crippen LogP contribution in [0.4, 0.5) is 0 Å². The quantitative estimate of drug-likeness (QED) is 0.689. The number of halogens is 1. The van der Waals surface area contributed by atoms with Gasteiger partial charge in [0.15, 0.2) is 0 Å². The second-order valence-corrected chi connectivity index (χ2v) is 7.12. The Balaban J connectivity index is 1.68. The number of fused-ring (bicyclic) bond motifs is 1. The van der Waals surface area contributed by atoms with Gasteiger partial charge in [0.1, 0.15) is 0 Å². The molecule has 1 atom stereocenters. The van der Waals surface area contributed by atoms with Crippen molar-refractivity contribution >= 4 is 26.8 Å². The van der Waals surface area contributed by atoms with E-state index >= 15 is 0 Å². The maximum atomic E-state index is 12.6. The van der Waals surface area contributed by atoms with Gasteiger partial charge < -0.3 is 5.11 Å². The third-order valence-electron chi connectivity index (χ3n) is 4.01. The Kier molecular flexibility index (Phi) is 5.63. The Hall–Kier alpha value is -2.02. The van der Waals surface area contributed by atoms with Crippen molar-refractivity contribution in [1.29, 1.82) is 0 Å². The van der Waals surface area contributed by atoms with Gasteiger partial charge in [0.25, 0.3) is 5.56 Å². The predicted molar refractivity (Wildman–Crippen MR) is 102 cm³/mol. The van der Waals surface area contributed by atoms with Crippen LogP contribution in [0.3, 0.4) is 0 Å². The van der Waals surface area contributed by atoms with Crippen molar-refractivity contribution in [3.05, 3.63) is 75.2 Å². The lowest BCUT2D eigenvalue weighted by Gasteiger charge is -2.21. The predicted octanol–water partition coefficient (Wildman–Crippen LogP) is 2.65. The molecule has 1 heterocycles. The highest BCUT2D eigenvalue weighted by molar-refractivity contribution is 9.10. The summed E-state index contributed by atoms with van der Waals surface area (Å²) in [6.45, 7) is 1.43. The van der Waals surface area contributed by atoms with E-state index in [1.54, 1.807) is 12.1 Å². The van der Waals surface area contributed by atoms with E-state index in [1.807, 2.05) is 36.2 Å². The first-order chi connectivity index (χ1) is 12.0. The molecule has 0 bridgehead atoms. The second kappa shape index (κ2) is 7.91. The molecule has 0 spiro atoms. The second-order valence-electron chi connectivity index (χ2n) is 6.20. The maximum absolute atomic E-state index is 12.6. The Morgan fingerprint density at radius 1 is 1.24 bits per heavy atom. The molecule has 3 rings (SSSR count). The number of aliphatic hydroxyl groups is 1. The molecule has 6 heteroatoms. The summed E-state index contributed by atoms with van der Waals surface area (Å²) in [5, 5.41) is 10.9. The van der Waals surface area contributed by atoms with Gasteiger partial charge in [0, 0.05) is 17.6 Å². The molecule has 0 radical (unpaired) electrons. The van der Waals surface area contributed by atoms with Crippen LogP contribution < -0.4 is 5.56 Å². The largest absolute Gasteiger partial charge is 0.390 e. The van der Waals surface area contributed by atoms with E-state index in [2.05, 4.69) is 33.0 Å². The molecule has 3 aromatic rings. The zero-order valence-corrected chi connectivity index (χ0v) is 15.6. The number of aliphatic hydroxyl groups excluding tert-OH is 1. The number of hydrogen-bond donors (Lipinski definition) is 1. The number of nitrogens with zero attached hydrogens (tertiary/aromatic N) is 3. The fraction of sp³-hybridized carbons (Fsp3) is 0.263. The van der Waals surface area contributed by atoms with Crippen LogP contribution in [0.1, 0.15) is 5.56 Å². The molecular formula is C19H20BrN3O2. The molecular weight excluding hydrogens is 382 g/mol. The third kappa shape index (κ3) is 4.54. The number of hydrogen-bond acceptors (Lipinski definition) is 4. The van der Waals surface area contributed by atoms with E-state index in [4.69, 9.17) is 0 Å². The highest BCUT2D eigenvalue weighted by atomic mass is 79.9. The number of benzene rings is 2. The topological polar surface area (TPSA) is 58.4 Å². The van der Waals surface area contributed by atoms with Crippen LogP contribution in [0.15, 0.2) is 64.1 Å². The lowest BCUT2D eigenvalue weighted by Crippen LogP contribution is -2.34. The molecule has 0 fully saturated rings. The molecule has 1 N–H and O–H groups in total. The monoisotopic (exact) mass is 401 g/mol. The summed E-state index contributed by atoms with van der Waals surface area (Å²) < 4.78 is 2.30. The minimum Gasteiger partial charge on any atom is -0.390 e. The average molecular weight is 402 g/mol. The normalized spacial score (nSPS) is 12.6. The van der Waals surface area contributed by atoms with E-state index in [-0.39, 0.29) is 12.1 Å². The van der Waals surface area contributed by atoms with E-state index < -0.39 is 6.10 Å². The van der Waals surface area contributed by atoms with Crippen molar-refractivity contribution < 1.29 is 5.11 Å². The molecule has 0 saturated heterocycles. The number of likely N-dealkylation sites (N-methyl/N-ethyl adjacent to an activating group) is 1. The van der Waals surface area contributed by atoms with Gasteiger partial charge in [-0.1, -0.05) is 46.3 Å². The summed E-state index contributed by atoms with van der Waals surface area (Å²) >= 11 is 3.37. The van der Waals surface area contributed by atoms with Crippen LogP contribution in [0, 0.1) is 0 Å². The van der Waals surface area contributed by atoms with E-state index in [9.17, 15) is 9.90 Å². The molecule has 0 saturated carbocycles. The summed E-state index contributed by atoms with van der Waals surface area (Å²) in [4.78, 5) is 18.9. The summed E-state index contributed by atoms with van der Waals surface area (Å²) in [5.74, 6) is 0. The van der Waals surface area contributed by atoms with Gasteiger partial charge in [-0.05, 0) is 30.8 Å². The van der Waals surface area contributed by atoms with Gasteiger partial charge in [-0.2, -0.15) is 0 Å². The number of aromatic nitrogens is 2. The van der Waals surface area contributed by atoms with Gasteiger partial charge >= 0.3 is 0 Å². The molecule has 5 nitrogen and oxygen atoms in total. The molecule has 0 aliphatic rings. The fourth-order valence-electron chi connectivity index (χ4n) is 2.87. The van der Waals surface area contributed by atoms with Crippen molar-refractivity contribution in [3.63, 3.8) is 0 Å². The van der Waals surface area contributed by atoms with Crippen molar-refractivity contribution in [3.8, 4) is 0 Å². The van der Waals surface area contributed by atoms with Gasteiger partial charge in [-0.3, -0.25) is 14.3 Å². The van der Waals surface area contributed by atoms with Gasteiger partial charge in [0.2, 0.25) is 0 Å². The highest BCUT2D eigenvalue weighted by Crippen LogP contribution is 2.15. The summed E-state index contributed by atoms with van der Waals surface area (Å²) in [6.07, 6.45) is 0.844. The Labute approximate surface area is 154 Å². The fourth-order valence-corrected chi connectivity index (χ4v) is 3.23. The first-order valence-electron chi connectivity index (χ1n) is 8.08. The van der Waals surface area contributed by atoms with Gasteiger partial charge in [-0.15, -0.1) is 0 Å². The SMILES string of the molecule is CN(Cc1ccccc1)C[C@@H](O)Cn1cnc2ccc(Br)cc2c1=O.